The molecule has 0 radical (unpaired) electrons. The number of likely N-dealkylation sites (N-methyl/N-ethyl adjacent to an activating group) is 2. The molecule has 29 heavy (non-hydrogen) atoms. The number of nitrogens with zero attached hydrogens (tertiary/aromatic N) is 3. The van der Waals surface area contributed by atoms with Crippen LogP contribution in [-0.2, 0) is 21.9 Å². The molecule has 1 aromatic rings. The van der Waals surface area contributed by atoms with Crippen molar-refractivity contribution in [1.82, 2.24) is 14.1 Å². The summed E-state index contributed by atoms with van der Waals surface area (Å²) in [6.45, 7) is 5.83. The molecule has 1 aromatic carbocycles. The van der Waals surface area contributed by atoms with E-state index in [0.29, 0.717) is 42.3 Å². The van der Waals surface area contributed by atoms with Crippen molar-refractivity contribution in [3.63, 3.8) is 0 Å². The zero-order chi connectivity index (χ0) is 20.8. The van der Waals surface area contributed by atoms with E-state index in [4.69, 9.17) is 0 Å². The second-order valence-corrected chi connectivity index (χ2v) is 12.2. The van der Waals surface area contributed by atoms with Gasteiger partial charge in [0.15, 0.2) is 0 Å². The van der Waals surface area contributed by atoms with Gasteiger partial charge in [-0.3, -0.25) is 0 Å². The Morgan fingerprint density at radius 3 is 2.59 bits per heavy atom. The number of likely N-dealkylation sites (tertiary alicyclic amines) is 1. The van der Waals surface area contributed by atoms with Gasteiger partial charge >= 0.3 is 0 Å². The van der Waals surface area contributed by atoms with Crippen LogP contribution in [0, 0.1) is 11.3 Å². The van der Waals surface area contributed by atoms with Crippen molar-refractivity contribution in [2.75, 3.05) is 46.5 Å². The van der Waals surface area contributed by atoms with Crippen molar-refractivity contribution in [3.8, 4) is 5.75 Å². The second-order valence-electron chi connectivity index (χ2n) is 10.2. The molecule has 3 fully saturated rings. The molecule has 7 heteroatoms. The standard InChI is InChI=1S/C22H33N3O3S/c1-21-18-11-17(26)6-5-16(18)12-22(21)14-24(3)20(22)19(21)23(2)13-15-7-9-25(10-8-15)29(4,27)28/h5-6,11,15,19-20,26H,7-10,12-14H2,1-4H3. The van der Waals surface area contributed by atoms with Crippen LogP contribution < -0.4 is 0 Å². The highest BCUT2D eigenvalue weighted by molar-refractivity contribution is 7.88. The first kappa shape index (κ1) is 19.8. The Kier molecular flexibility index (Phi) is 4.22. The van der Waals surface area contributed by atoms with Crippen molar-refractivity contribution in [3.05, 3.63) is 29.3 Å². The maximum atomic E-state index is 11.8. The van der Waals surface area contributed by atoms with Gasteiger partial charge in [-0.05, 0) is 62.5 Å². The molecule has 4 unspecified atom stereocenters. The number of piperidine rings is 2. The number of benzene rings is 1. The normalized spacial score (nSPS) is 37.6. The van der Waals surface area contributed by atoms with Gasteiger partial charge in [0.05, 0.1) is 6.26 Å². The largest absolute Gasteiger partial charge is 0.508 e. The predicted octanol–water partition coefficient (Wildman–Crippen LogP) is 1.49. The first-order valence-corrected chi connectivity index (χ1v) is 12.6. The Balaban J connectivity index is 1.36. The molecule has 4 atom stereocenters. The minimum atomic E-state index is -3.07. The summed E-state index contributed by atoms with van der Waals surface area (Å²) < 4.78 is 25.2. The molecule has 1 N–H and O–H groups in total. The molecule has 4 aliphatic rings. The minimum Gasteiger partial charge on any atom is -0.508 e. The average Bonchev–Trinajstić information content (AvgIpc) is 2.86. The molecule has 2 aliphatic heterocycles. The summed E-state index contributed by atoms with van der Waals surface area (Å²) in [6, 6.07) is 6.94. The van der Waals surface area contributed by atoms with Crippen LogP contribution in [0.2, 0.25) is 0 Å². The molecule has 1 spiro atoms. The van der Waals surface area contributed by atoms with Crippen LogP contribution in [0.25, 0.3) is 0 Å². The van der Waals surface area contributed by atoms with Gasteiger partial charge in [0, 0.05) is 49.1 Å². The van der Waals surface area contributed by atoms with Crippen molar-refractivity contribution < 1.29 is 13.5 Å². The van der Waals surface area contributed by atoms with Gasteiger partial charge in [-0.2, -0.15) is 0 Å². The molecular weight excluding hydrogens is 386 g/mol. The van der Waals surface area contributed by atoms with Gasteiger partial charge in [-0.25, -0.2) is 12.7 Å². The Labute approximate surface area is 174 Å². The maximum absolute atomic E-state index is 11.8. The number of hydrogen-bond donors (Lipinski definition) is 1. The van der Waals surface area contributed by atoms with E-state index in [0.717, 1.165) is 32.4 Å². The monoisotopic (exact) mass is 419 g/mol. The van der Waals surface area contributed by atoms with E-state index in [2.05, 4.69) is 36.9 Å². The summed E-state index contributed by atoms with van der Waals surface area (Å²) in [5.41, 5.74) is 3.11. The summed E-state index contributed by atoms with van der Waals surface area (Å²) in [6.07, 6.45) is 4.30. The highest BCUT2D eigenvalue weighted by atomic mass is 32.2. The summed E-state index contributed by atoms with van der Waals surface area (Å²) in [5.74, 6) is 0.903. The number of aromatic hydroxyl groups is 1. The highest BCUT2D eigenvalue weighted by Crippen LogP contribution is 2.71. The Morgan fingerprint density at radius 2 is 1.97 bits per heavy atom. The van der Waals surface area contributed by atoms with Gasteiger partial charge in [-0.1, -0.05) is 13.0 Å². The first-order valence-electron chi connectivity index (χ1n) is 10.8. The topological polar surface area (TPSA) is 64.1 Å². The van der Waals surface area contributed by atoms with Crippen LogP contribution in [0.15, 0.2) is 18.2 Å². The zero-order valence-corrected chi connectivity index (χ0v) is 18.7. The first-order chi connectivity index (χ1) is 13.6. The fraction of sp³-hybridized carbons (Fsp3) is 0.727. The molecule has 0 amide bonds. The van der Waals surface area contributed by atoms with Gasteiger partial charge in [-0.15, -0.1) is 0 Å². The smallest absolute Gasteiger partial charge is 0.211 e. The van der Waals surface area contributed by atoms with Crippen LogP contribution in [0.5, 0.6) is 5.75 Å². The van der Waals surface area contributed by atoms with Crippen molar-refractivity contribution in [2.45, 2.75) is 43.7 Å². The number of sulfonamides is 1. The number of hydrogen-bond acceptors (Lipinski definition) is 5. The molecule has 6 nitrogen and oxygen atoms in total. The van der Waals surface area contributed by atoms with Gasteiger partial charge in [0.1, 0.15) is 5.75 Å². The lowest BCUT2D eigenvalue weighted by molar-refractivity contribution is -0.243. The fourth-order valence-electron chi connectivity index (χ4n) is 7.41. The summed E-state index contributed by atoms with van der Waals surface area (Å²) in [4.78, 5) is 5.04. The molecule has 0 bridgehead atoms. The number of phenolic OH excluding ortho intramolecular Hbond substituents is 1. The van der Waals surface area contributed by atoms with Crippen LogP contribution in [0.1, 0.15) is 30.9 Å². The van der Waals surface area contributed by atoms with E-state index < -0.39 is 10.0 Å². The van der Waals surface area contributed by atoms with Gasteiger partial charge in [0.2, 0.25) is 10.0 Å². The van der Waals surface area contributed by atoms with E-state index in [-0.39, 0.29) is 5.41 Å². The third-order valence-electron chi connectivity index (χ3n) is 8.72. The SMILES string of the molecule is CN1CC23Cc4ccc(O)cc4C2(C)C(N(C)CC2CCN(S(C)(=O)=O)CC2)C13. The number of rotatable bonds is 4. The fourth-order valence-corrected chi connectivity index (χ4v) is 8.29. The lowest BCUT2D eigenvalue weighted by Gasteiger charge is -2.77. The highest BCUT2D eigenvalue weighted by Gasteiger charge is 2.79. The minimum absolute atomic E-state index is 0.0699. The molecule has 2 aliphatic carbocycles. The molecule has 2 saturated heterocycles. The Bertz CT molecular complexity index is 943. The molecule has 160 valence electrons. The van der Waals surface area contributed by atoms with E-state index in [1.165, 1.54) is 17.4 Å². The molecule has 0 aromatic heterocycles. The third kappa shape index (κ3) is 2.54. The lowest BCUT2D eigenvalue weighted by atomic mass is 9.39. The quantitative estimate of drug-likeness (QED) is 0.801. The van der Waals surface area contributed by atoms with E-state index in [1.807, 2.05) is 12.1 Å². The number of fused-ring (bicyclic) bond motifs is 2. The maximum Gasteiger partial charge on any atom is 0.211 e. The Morgan fingerprint density at radius 1 is 1.28 bits per heavy atom. The van der Waals surface area contributed by atoms with Crippen molar-refractivity contribution in [1.29, 1.82) is 0 Å². The average molecular weight is 420 g/mol. The Hall–Kier alpha value is -1.15. The van der Waals surface area contributed by atoms with Crippen LogP contribution in [0.4, 0.5) is 0 Å². The van der Waals surface area contributed by atoms with Crippen LogP contribution in [-0.4, -0.2) is 86.2 Å². The van der Waals surface area contributed by atoms with Crippen molar-refractivity contribution >= 4 is 10.0 Å². The van der Waals surface area contributed by atoms with E-state index >= 15 is 0 Å². The predicted molar refractivity (Wildman–Crippen MR) is 114 cm³/mol. The van der Waals surface area contributed by atoms with E-state index in [9.17, 15) is 13.5 Å². The van der Waals surface area contributed by atoms with E-state index in [1.54, 1.807) is 4.31 Å². The molecule has 5 rings (SSSR count). The third-order valence-corrected chi connectivity index (χ3v) is 10.0. The molecular formula is C22H33N3O3S. The number of phenols is 1. The second kappa shape index (κ2) is 6.19. The van der Waals surface area contributed by atoms with Gasteiger partial charge in [0.25, 0.3) is 0 Å². The summed E-state index contributed by atoms with van der Waals surface area (Å²) in [5, 5.41) is 10.2. The zero-order valence-electron chi connectivity index (χ0n) is 17.9. The molecule has 1 saturated carbocycles. The molecule has 2 heterocycles. The van der Waals surface area contributed by atoms with Crippen molar-refractivity contribution in [2.24, 2.45) is 11.3 Å². The van der Waals surface area contributed by atoms with Crippen LogP contribution >= 0.6 is 0 Å². The van der Waals surface area contributed by atoms with Gasteiger partial charge < -0.3 is 14.9 Å². The summed E-state index contributed by atoms with van der Waals surface area (Å²) in [7, 11) is 1.41. The van der Waals surface area contributed by atoms with Crippen LogP contribution in [0.3, 0.4) is 0 Å². The lowest BCUT2D eigenvalue weighted by Crippen LogP contribution is -2.89. The summed E-state index contributed by atoms with van der Waals surface area (Å²) >= 11 is 0.